The molecule has 0 spiro atoms. The van der Waals surface area contributed by atoms with Crippen molar-refractivity contribution in [1.82, 2.24) is 14.3 Å². The second-order valence-corrected chi connectivity index (χ2v) is 9.44. The van der Waals surface area contributed by atoms with Crippen LogP contribution >= 0.6 is 0 Å². The van der Waals surface area contributed by atoms with Gasteiger partial charge >= 0.3 is 0 Å². The SMILES string of the molecule is COc1ccc(-c2cc(N3CCN(S(=O)(=O)c4cc(C)ccc4OC)CC3)ncn2)cc1. The number of hydrogen-bond donors (Lipinski definition) is 0. The van der Waals surface area contributed by atoms with Crippen molar-refractivity contribution in [3.63, 3.8) is 0 Å². The van der Waals surface area contributed by atoms with E-state index in [9.17, 15) is 8.42 Å². The first-order valence-electron chi connectivity index (χ1n) is 10.3. The van der Waals surface area contributed by atoms with Crippen LogP contribution in [-0.2, 0) is 10.0 Å². The molecule has 4 rings (SSSR count). The average Bonchev–Trinajstić information content (AvgIpc) is 2.84. The van der Waals surface area contributed by atoms with E-state index in [1.54, 1.807) is 19.2 Å². The topological polar surface area (TPSA) is 84.9 Å². The summed E-state index contributed by atoms with van der Waals surface area (Å²) in [5.74, 6) is 1.92. The molecule has 8 nitrogen and oxygen atoms in total. The van der Waals surface area contributed by atoms with Crippen molar-refractivity contribution in [1.29, 1.82) is 0 Å². The van der Waals surface area contributed by atoms with E-state index in [4.69, 9.17) is 9.47 Å². The lowest BCUT2D eigenvalue weighted by molar-refractivity contribution is 0.373. The molecule has 1 aliphatic rings. The van der Waals surface area contributed by atoms with Gasteiger partial charge in [-0.2, -0.15) is 4.31 Å². The summed E-state index contributed by atoms with van der Waals surface area (Å²) in [6.45, 7) is 3.66. The van der Waals surface area contributed by atoms with Crippen molar-refractivity contribution in [2.75, 3.05) is 45.3 Å². The summed E-state index contributed by atoms with van der Waals surface area (Å²) in [6, 6.07) is 14.8. The Balaban J connectivity index is 1.50. The van der Waals surface area contributed by atoms with Crippen LogP contribution in [0.15, 0.2) is 59.8 Å². The molecule has 3 aromatic rings. The zero-order chi connectivity index (χ0) is 22.7. The van der Waals surface area contributed by atoms with Crippen molar-refractivity contribution in [2.45, 2.75) is 11.8 Å². The van der Waals surface area contributed by atoms with Crippen molar-refractivity contribution in [2.24, 2.45) is 0 Å². The Hall–Kier alpha value is -3.17. The average molecular weight is 455 g/mol. The first-order valence-corrected chi connectivity index (χ1v) is 11.7. The third-order valence-corrected chi connectivity index (χ3v) is 7.46. The second kappa shape index (κ2) is 9.13. The van der Waals surface area contributed by atoms with Crippen LogP contribution in [0.4, 0.5) is 5.82 Å². The van der Waals surface area contributed by atoms with E-state index < -0.39 is 10.0 Å². The molecule has 32 heavy (non-hydrogen) atoms. The number of methoxy groups -OCH3 is 2. The number of anilines is 1. The highest BCUT2D eigenvalue weighted by molar-refractivity contribution is 7.89. The third-order valence-electron chi connectivity index (χ3n) is 5.54. The van der Waals surface area contributed by atoms with Gasteiger partial charge in [0.2, 0.25) is 10.0 Å². The maximum atomic E-state index is 13.2. The predicted octanol–water partition coefficient (Wildman–Crippen LogP) is 2.98. The fraction of sp³-hybridized carbons (Fsp3) is 0.304. The lowest BCUT2D eigenvalue weighted by Gasteiger charge is -2.35. The van der Waals surface area contributed by atoms with Crippen LogP contribution in [0.1, 0.15) is 5.56 Å². The number of sulfonamides is 1. The molecular formula is C23H26N4O4S. The maximum absolute atomic E-state index is 13.2. The predicted molar refractivity (Wildman–Crippen MR) is 123 cm³/mol. The Morgan fingerprint density at radius 2 is 1.59 bits per heavy atom. The summed E-state index contributed by atoms with van der Waals surface area (Å²) in [7, 11) is -0.539. The highest BCUT2D eigenvalue weighted by Crippen LogP contribution is 2.29. The Bertz CT molecular complexity index is 1190. The molecule has 0 radical (unpaired) electrons. The zero-order valence-corrected chi connectivity index (χ0v) is 19.2. The molecule has 0 amide bonds. The van der Waals surface area contributed by atoms with Crippen LogP contribution in [0.3, 0.4) is 0 Å². The van der Waals surface area contributed by atoms with Crippen molar-refractivity contribution in [3.05, 3.63) is 60.4 Å². The molecule has 1 aliphatic heterocycles. The molecule has 168 valence electrons. The van der Waals surface area contributed by atoms with Gasteiger partial charge in [-0.15, -0.1) is 0 Å². The van der Waals surface area contributed by atoms with E-state index in [1.165, 1.54) is 17.7 Å². The lowest BCUT2D eigenvalue weighted by Crippen LogP contribution is -2.49. The van der Waals surface area contributed by atoms with Gasteiger partial charge in [-0.05, 0) is 48.9 Å². The highest BCUT2D eigenvalue weighted by Gasteiger charge is 2.31. The first kappa shape index (κ1) is 22.0. The highest BCUT2D eigenvalue weighted by atomic mass is 32.2. The van der Waals surface area contributed by atoms with Gasteiger partial charge in [0.05, 0.1) is 19.9 Å². The summed E-state index contributed by atoms with van der Waals surface area (Å²) in [5, 5.41) is 0. The number of hydrogen-bond acceptors (Lipinski definition) is 7. The molecule has 1 aromatic heterocycles. The molecule has 0 aliphatic carbocycles. The molecule has 0 bridgehead atoms. The molecular weight excluding hydrogens is 428 g/mol. The summed E-state index contributed by atoms with van der Waals surface area (Å²) in [5.41, 5.74) is 2.63. The van der Waals surface area contributed by atoms with Gasteiger partial charge in [-0.25, -0.2) is 18.4 Å². The zero-order valence-electron chi connectivity index (χ0n) is 18.4. The summed E-state index contributed by atoms with van der Waals surface area (Å²) >= 11 is 0. The van der Waals surface area contributed by atoms with Gasteiger partial charge in [-0.1, -0.05) is 6.07 Å². The van der Waals surface area contributed by atoms with Gasteiger partial charge in [0.15, 0.2) is 0 Å². The molecule has 2 heterocycles. The van der Waals surface area contributed by atoms with E-state index in [1.807, 2.05) is 43.3 Å². The van der Waals surface area contributed by atoms with Crippen LogP contribution in [0, 0.1) is 6.92 Å². The number of piperazine rings is 1. The Morgan fingerprint density at radius 1 is 0.875 bits per heavy atom. The molecule has 2 aromatic carbocycles. The number of aromatic nitrogens is 2. The molecule has 9 heteroatoms. The van der Waals surface area contributed by atoms with E-state index in [2.05, 4.69) is 14.9 Å². The smallest absolute Gasteiger partial charge is 0.246 e. The largest absolute Gasteiger partial charge is 0.497 e. The minimum Gasteiger partial charge on any atom is -0.497 e. The van der Waals surface area contributed by atoms with Gasteiger partial charge in [0, 0.05) is 37.8 Å². The van der Waals surface area contributed by atoms with Crippen LogP contribution < -0.4 is 14.4 Å². The van der Waals surface area contributed by atoms with E-state index >= 15 is 0 Å². The minimum absolute atomic E-state index is 0.206. The van der Waals surface area contributed by atoms with E-state index in [-0.39, 0.29) is 4.90 Å². The van der Waals surface area contributed by atoms with Crippen LogP contribution in [-0.4, -0.2) is 63.1 Å². The normalized spacial score (nSPS) is 14.9. The van der Waals surface area contributed by atoms with Crippen LogP contribution in [0.25, 0.3) is 11.3 Å². The van der Waals surface area contributed by atoms with Crippen molar-refractivity contribution in [3.8, 4) is 22.8 Å². The standard InChI is InChI=1S/C23H26N4O4S/c1-17-4-9-21(31-3)22(14-17)32(28,29)27-12-10-26(11-13-27)23-15-20(24-16-25-23)18-5-7-19(30-2)8-6-18/h4-9,14-16H,10-13H2,1-3H3. The van der Waals surface area contributed by atoms with Crippen LogP contribution in [0.2, 0.25) is 0 Å². The lowest BCUT2D eigenvalue weighted by atomic mass is 10.1. The number of ether oxygens (including phenoxy) is 2. The number of benzene rings is 2. The number of rotatable bonds is 6. The Kier molecular flexibility index (Phi) is 6.29. The van der Waals surface area contributed by atoms with Crippen molar-refractivity contribution < 1.29 is 17.9 Å². The molecule has 0 unspecified atom stereocenters. The van der Waals surface area contributed by atoms with E-state index in [0.29, 0.717) is 31.9 Å². The summed E-state index contributed by atoms with van der Waals surface area (Å²) < 4.78 is 38.5. The van der Waals surface area contributed by atoms with E-state index in [0.717, 1.165) is 28.4 Å². The fourth-order valence-corrected chi connectivity index (χ4v) is 5.38. The first-order chi connectivity index (χ1) is 15.4. The van der Waals surface area contributed by atoms with Gasteiger partial charge in [-0.3, -0.25) is 0 Å². The third kappa shape index (κ3) is 4.39. The molecule has 1 fully saturated rings. The quantitative estimate of drug-likeness (QED) is 0.566. The number of nitrogens with zero attached hydrogens (tertiary/aromatic N) is 4. The summed E-state index contributed by atoms with van der Waals surface area (Å²) in [4.78, 5) is 11.1. The molecule has 0 N–H and O–H groups in total. The minimum atomic E-state index is -3.65. The van der Waals surface area contributed by atoms with Gasteiger partial charge in [0.25, 0.3) is 0 Å². The summed E-state index contributed by atoms with van der Waals surface area (Å²) in [6.07, 6.45) is 1.54. The monoisotopic (exact) mass is 454 g/mol. The molecule has 0 atom stereocenters. The Morgan fingerprint density at radius 3 is 2.25 bits per heavy atom. The van der Waals surface area contributed by atoms with Crippen molar-refractivity contribution >= 4 is 15.8 Å². The maximum Gasteiger partial charge on any atom is 0.246 e. The molecule has 0 saturated carbocycles. The Labute approximate surface area is 188 Å². The number of aryl methyl sites for hydroxylation is 1. The van der Waals surface area contributed by atoms with Gasteiger partial charge < -0.3 is 14.4 Å². The fourth-order valence-electron chi connectivity index (χ4n) is 3.72. The van der Waals surface area contributed by atoms with Gasteiger partial charge in [0.1, 0.15) is 28.5 Å². The second-order valence-electron chi connectivity index (χ2n) is 7.54. The molecule has 1 saturated heterocycles. The van der Waals surface area contributed by atoms with Crippen LogP contribution in [0.5, 0.6) is 11.5 Å².